The van der Waals surface area contributed by atoms with E-state index in [1.54, 1.807) is 18.5 Å². The van der Waals surface area contributed by atoms with Crippen LogP contribution in [-0.4, -0.2) is 14.4 Å². The van der Waals surface area contributed by atoms with E-state index in [-0.39, 0.29) is 5.82 Å². The van der Waals surface area contributed by atoms with Crippen LogP contribution in [0.3, 0.4) is 0 Å². The molecule has 0 aliphatic carbocycles. The van der Waals surface area contributed by atoms with Gasteiger partial charge in [-0.2, -0.15) is 0 Å². The van der Waals surface area contributed by atoms with Crippen molar-refractivity contribution < 1.29 is 4.39 Å². The lowest BCUT2D eigenvalue weighted by atomic mass is 10.1. The van der Waals surface area contributed by atoms with Crippen LogP contribution in [0.4, 0.5) is 4.39 Å². The number of benzene rings is 1. The number of rotatable bonds is 2. The first-order chi connectivity index (χ1) is 8.76. The molecule has 4 nitrogen and oxygen atoms in total. The van der Waals surface area contributed by atoms with Gasteiger partial charge in [0.15, 0.2) is 0 Å². The van der Waals surface area contributed by atoms with Gasteiger partial charge in [0, 0.05) is 24.4 Å². The minimum Gasteiger partial charge on any atom is -0.325 e. The molecule has 0 unspecified atom stereocenters. The Morgan fingerprint density at radius 1 is 1.22 bits per heavy atom. The van der Waals surface area contributed by atoms with Crippen LogP contribution in [0.15, 0.2) is 42.9 Å². The smallest absolute Gasteiger partial charge is 0.140 e. The first-order valence-electron chi connectivity index (χ1n) is 5.56. The van der Waals surface area contributed by atoms with E-state index in [2.05, 4.69) is 9.97 Å². The van der Waals surface area contributed by atoms with Crippen LogP contribution >= 0.6 is 0 Å². The molecule has 0 aliphatic heterocycles. The molecule has 0 saturated heterocycles. The van der Waals surface area contributed by atoms with Crippen LogP contribution in [0.5, 0.6) is 0 Å². The number of nitrogens with zero attached hydrogens (tertiary/aromatic N) is 3. The fraction of sp³-hybridized carbons (Fsp3) is 0.0769. The molecule has 2 aromatic heterocycles. The molecule has 3 rings (SSSR count). The summed E-state index contributed by atoms with van der Waals surface area (Å²) < 4.78 is 14.7. The fourth-order valence-electron chi connectivity index (χ4n) is 1.82. The van der Waals surface area contributed by atoms with Gasteiger partial charge in [0.2, 0.25) is 0 Å². The second-order valence-corrected chi connectivity index (χ2v) is 3.98. The lowest BCUT2D eigenvalue weighted by molar-refractivity contribution is 0.628. The first kappa shape index (κ1) is 10.9. The van der Waals surface area contributed by atoms with Crippen LogP contribution in [0.25, 0.3) is 16.9 Å². The number of halogens is 1. The molecule has 18 heavy (non-hydrogen) atoms. The van der Waals surface area contributed by atoms with Crippen molar-refractivity contribution in [1.29, 1.82) is 0 Å². The summed E-state index contributed by atoms with van der Waals surface area (Å²) in [6.07, 6.45) is 3.52. The average molecular weight is 242 g/mol. The van der Waals surface area contributed by atoms with Crippen LogP contribution in [-0.2, 0) is 6.54 Å². The Kier molecular flexibility index (Phi) is 2.53. The molecule has 2 N–H and O–H groups in total. The van der Waals surface area contributed by atoms with E-state index >= 15 is 0 Å². The van der Waals surface area contributed by atoms with Crippen molar-refractivity contribution in [1.82, 2.24) is 14.4 Å². The maximum Gasteiger partial charge on any atom is 0.140 e. The van der Waals surface area contributed by atoms with Gasteiger partial charge >= 0.3 is 0 Å². The van der Waals surface area contributed by atoms with Crippen molar-refractivity contribution in [2.45, 2.75) is 6.54 Å². The summed E-state index contributed by atoms with van der Waals surface area (Å²) in [7, 11) is 0. The monoisotopic (exact) mass is 242 g/mol. The Hall–Kier alpha value is -2.27. The molecule has 0 spiro atoms. The molecule has 0 bridgehead atoms. The summed E-state index contributed by atoms with van der Waals surface area (Å²) in [5, 5.41) is 0. The predicted molar refractivity (Wildman–Crippen MR) is 66.3 cm³/mol. The molecular formula is C13H11FN4. The van der Waals surface area contributed by atoms with E-state index in [1.165, 1.54) is 12.1 Å². The van der Waals surface area contributed by atoms with Crippen molar-refractivity contribution in [2.75, 3.05) is 0 Å². The van der Waals surface area contributed by atoms with Gasteiger partial charge < -0.3 is 5.73 Å². The van der Waals surface area contributed by atoms with Gasteiger partial charge in [0.25, 0.3) is 0 Å². The minimum atomic E-state index is -0.258. The molecule has 0 amide bonds. The molecule has 0 saturated carbocycles. The number of hydrogen-bond donors (Lipinski definition) is 1. The highest BCUT2D eigenvalue weighted by atomic mass is 19.1. The van der Waals surface area contributed by atoms with Gasteiger partial charge in [0.05, 0.1) is 11.4 Å². The highest BCUT2D eigenvalue weighted by molar-refractivity contribution is 5.63. The second-order valence-electron chi connectivity index (χ2n) is 3.98. The molecule has 0 aliphatic rings. The van der Waals surface area contributed by atoms with Crippen molar-refractivity contribution >= 4 is 5.65 Å². The molecule has 1 aromatic carbocycles. The third-order valence-corrected chi connectivity index (χ3v) is 2.75. The quantitative estimate of drug-likeness (QED) is 0.747. The lowest BCUT2D eigenvalue weighted by Gasteiger charge is -2.00. The standard InChI is InChI=1S/C13H11FN4/c14-10-3-1-9(2-4-10)12-5-13-17-11(6-15)7-18(13)8-16-12/h1-5,7-8H,6,15H2. The second kappa shape index (κ2) is 4.19. The Balaban J connectivity index is 2.09. The highest BCUT2D eigenvalue weighted by Crippen LogP contribution is 2.18. The van der Waals surface area contributed by atoms with Crippen LogP contribution in [0, 0.1) is 5.82 Å². The zero-order valence-corrected chi connectivity index (χ0v) is 9.55. The van der Waals surface area contributed by atoms with Crippen LogP contribution < -0.4 is 5.73 Å². The topological polar surface area (TPSA) is 56.2 Å². The largest absolute Gasteiger partial charge is 0.325 e. The number of fused-ring (bicyclic) bond motifs is 1. The van der Waals surface area contributed by atoms with Crippen molar-refractivity contribution in [3.05, 3.63) is 54.4 Å². The maximum absolute atomic E-state index is 12.9. The SMILES string of the molecule is NCc1cn2cnc(-c3ccc(F)cc3)cc2n1. The summed E-state index contributed by atoms with van der Waals surface area (Å²) in [6.45, 7) is 0.396. The summed E-state index contributed by atoms with van der Waals surface area (Å²) in [4.78, 5) is 8.67. The number of nitrogens with two attached hydrogens (primary N) is 1. The molecule has 0 fully saturated rings. The van der Waals surface area contributed by atoms with Gasteiger partial charge in [-0.1, -0.05) is 0 Å². The third kappa shape index (κ3) is 1.84. The Labute approximate surface area is 103 Å². The first-order valence-corrected chi connectivity index (χ1v) is 5.56. The summed E-state index contributed by atoms with van der Waals surface area (Å²) in [5.41, 5.74) is 8.76. The normalized spacial score (nSPS) is 11.0. The van der Waals surface area contributed by atoms with Crippen molar-refractivity contribution in [2.24, 2.45) is 5.73 Å². The molecule has 5 heteroatoms. The molecule has 0 atom stereocenters. The zero-order valence-electron chi connectivity index (χ0n) is 9.55. The van der Waals surface area contributed by atoms with Gasteiger partial charge in [-0.3, -0.25) is 4.40 Å². The van der Waals surface area contributed by atoms with E-state index in [9.17, 15) is 4.39 Å². The van der Waals surface area contributed by atoms with Crippen LogP contribution in [0.2, 0.25) is 0 Å². The molecule has 0 radical (unpaired) electrons. The molecule has 3 aromatic rings. The Morgan fingerprint density at radius 3 is 2.72 bits per heavy atom. The minimum absolute atomic E-state index is 0.258. The van der Waals surface area contributed by atoms with Gasteiger partial charge in [-0.05, 0) is 24.3 Å². The van der Waals surface area contributed by atoms with Gasteiger partial charge in [0.1, 0.15) is 17.8 Å². The average Bonchev–Trinajstić information content (AvgIpc) is 2.81. The molecule has 90 valence electrons. The van der Waals surface area contributed by atoms with E-state index in [0.717, 1.165) is 22.6 Å². The predicted octanol–water partition coefficient (Wildman–Crippen LogP) is 1.99. The van der Waals surface area contributed by atoms with E-state index in [4.69, 9.17) is 5.73 Å². The van der Waals surface area contributed by atoms with Gasteiger partial charge in [-0.15, -0.1) is 0 Å². The highest BCUT2D eigenvalue weighted by Gasteiger charge is 2.04. The van der Waals surface area contributed by atoms with E-state index in [1.807, 2.05) is 16.7 Å². The summed E-state index contributed by atoms with van der Waals surface area (Å²) >= 11 is 0. The number of hydrogen-bond acceptors (Lipinski definition) is 3. The number of aromatic nitrogens is 3. The zero-order chi connectivity index (χ0) is 12.5. The Morgan fingerprint density at radius 2 is 2.00 bits per heavy atom. The van der Waals surface area contributed by atoms with Crippen LogP contribution in [0.1, 0.15) is 5.69 Å². The maximum atomic E-state index is 12.9. The Bertz CT molecular complexity index is 688. The molecule has 2 heterocycles. The van der Waals surface area contributed by atoms with Gasteiger partial charge in [-0.25, -0.2) is 14.4 Å². The fourth-order valence-corrected chi connectivity index (χ4v) is 1.82. The third-order valence-electron chi connectivity index (χ3n) is 2.75. The van der Waals surface area contributed by atoms with E-state index < -0.39 is 0 Å². The summed E-state index contributed by atoms with van der Waals surface area (Å²) in [6, 6.07) is 8.07. The van der Waals surface area contributed by atoms with Crippen molar-refractivity contribution in [3.63, 3.8) is 0 Å². The summed E-state index contributed by atoms with van der Waals surface area (Å²) in [5.74, 6) is -0.258. The van der Waals surface area contributed by atoms with Crippen molar-refractivity contribution in [3.8, 4) is 11.3 Å². The lowest BCUT2D eigenvalue weighted by Crippen LogP contribution is -1.95. The number of imidazole rings is 1. The van der Waals surface area contributed by atoms with E-state index in [0.29, 0.717) is 6.54 Å². The molecular weight excluding hydrogens is 231 g/mol.